The summed E-state index contributed by atoms with van der Waals surface area (Å²) < 4.78 is 0. The summed E-state index contributed by atoms with van der Waals surface area (Å²) >= 11 is 0. The minimum Gasteiger partial charge on any atom is -0.849 e. The molecule has 0 heterocycles. The third-order valence-corrected chi connectivity index (χ3v) is 2.29. The zero-order valence-electron chi connectivity index (χ0n) is 8.06. The molecule has 2 nitrogen and oxygen atoms in total. The van der Waals surface area contributed by atoms with Crippen LogP contribution in [0.4, 0.5) is 0 Å². The molecule has 0 aromatic heterocycles. The number of quaternary nitrogens is 1. The molecule has 4 N–H and O–H groups in total. The molecule has 10 heavy (non-hydrogen) atoms. The summed E-state index contributed by atoms with van der Waals surface area (Å²) in [7, 11) is 0. The van der Waals surface area contributed by atoms with Gasteiger partial charge >= 0.3 is 0 Å². The Labute approximate surface area is 64.2 Å². The Bertz CT molecular complexity index is 77.3. The van der Waals surface area contributed by atoms with Crippen LogP contribution in [0.3, 0.4) is 0 Å². The molecule has 64 valence electrons. The van der Waals surface area contributed by atoms with E-state index in [1.807, 2.05) is 27.7 Å². The molecule has 0 aromatic rings. The SMILES string of the molecule is CC(C)C(C)([O-])C(C)C.[NH4+]. The molecule has 0 amide bonds. The zero-order chi connectivity index (χ0) is 7.65. The highest BCUT2D eigenvalue weighted by atomic mass is 16.3. The molecule has 0 bridgehead atoms. The lowest BCUT2D eigenvalue weighted by atomic mass is 9.82. The van der Waals surface area contributed by atoms with Crippen LogP contribution in [0.2, 0.25) is 0 Å². The van der Waals surface area contributed by atoms with Crippen molar-refractivity contribution in [1.29, 1.82) is 0 Å². The predicted molar refractivity (Wildman–Crippen MR) is 44.1 cm³/mol. The second-order valence-corrected chi connectivity index (χ2v) is 3.49. The summed E-state index contributed by atoms with van der Waals surface area (Å²) in [6.45, 7) is 9.70. The second kappa shape index (κ2) is 3.94. The maximum atomic E-state index is 11.5. The molecule has 0 rings (SSSR count). The summed E-state index contributed by atoms with van der Waals surface area (Å²) in [6, 6.07) is 0. The van der Waals surface area contributed by atoms with Crippen LogP contribution in [0.15, 0.2) is 0 Å². The average Bonchev–Trinajstić information content (AvgIpc) is 1.65. The summed E-state index contributed by atoms with van der Waals surface area (Å²) in [5.41, 5.74) is -0.750. The van der Waals surface area contributed by atoms with E-state index in [1.54, 1.807) is 6.92 Å². The van der Waals surface area contributed by atoms with E-state index in [-0.39, 0.29) is 18.0 Å². The molecular weight excluding hydrogens is 126 g/mol. The van der Waals surface area contributed by atoms with Crippen molar-refractivity contribution in [3.05, 3.63) is 0 Å². The van der Waals surface area contributed by atoms with Gasteiger partial charge < -0.3 is 11.3 Å². The molecule has 0 fully saturated rings. The highest BCUT2D eigenvalue weighted by Crippen LogP contribution is 2.21. The summed E-state index contributed by atoms with van der Waals surface area (Å²) in [5.74, 6) is 0.468. The molecule has 0 aliphatic heterocycles. The van der Waals surface area contributed by atoms with Crippen LogP contribution in [0, 0.1) is 11.8 Å². The van der Waals surface area contributed by atoms with Crippen LogP contribution in [0.25, 0.3) is 0 Å². The van der Waals surface area contributed by atoms with Crippen LogP contribution in [-0.4, -0.2) is 5.60 Å². The molecule has 0 aliphatic carbocycles. The molecule has 0 saturated carbocycles. The number of hydrogen-bond acceptors (Lipinski definition) is 1. The van der Waals surface area contributed by atoms with Crippen LogP contribution >= 0.6 is 0 Å². The molecule has 0 spiro atoms. The van der Waals surface area contributed by atoms with Gasteiger partial charge in [0.2, 0.25) is 0 Å². The van der Waals surface area contributed by atoms with Gasteiger partial charge in [-0.3, -0.25) is 0 Å². The largest absolute Gasteiger partial charge is 0.849 e. The highest BCUT2D eigenvalue weighted by molar-refractivity contribution is 4.77. The molecular formula is C8H21NO. The first-order chi connectivity index (χ1) is 3.89. The van der Waals surface area contributed by atoms with E-state index < -0.39 is 5.60 Å². The molecule has 0 aliphatic rings. The third-order valence-electron chi connectivity index (χ3n) is 2.29. The first kappa shape index (κ1) is 12.6. The van der Waals surface area contributed by atoms with E-state index in [0.717, 1.165) is 0 Å². The van der Waals surface area contributed by atoms with Crippen molar-refractivity contribution in [3.63, 3.8) is 0 Å². The monoisotopic (exact) mass is 147 g/mol. The Kier molecular flexibility index (Phi) is 4.96. The fourth-order valence-corrected chi connectivity index (χ4v) is 0.667. The van der Waals surface area contributed by atoms with Gasteiger partial charge in [0.25, 0.3) is 0 Å². The molecule has 2 heteroatoms. The van der Waals surface area contributed by atoms with Crippen molar-refractivity contribution < 1.29 is 5.11 Å². The van der Waals surface area contributed by atoms with Crippen molar-refractivity contribution in [1.82, 2.24) is 6.15 Å². The Morgan fingerprint density at radius 3 is 1.20 bits per heavy atom. The molecule has 0 saturated heterocycles. The Hall–Kier alpha value is -0.0800. The van der Waals surface area contributed by atoms with Gasteiger partial charge in [-0.2, -0.15) is 0 Å². The van der Waals surface area contributed by atoms with E-state index in [1.165, 1.54) is 0 Å². The zero-order valence-corrected chi connectivity index (χ0v) is 8.06. The molecule has 0 aromatic carbocycles. The van der Waals surface area contributed by atoms with Crippen molar-refractivity contribution in [2.75, 3.05) is 0 Å². The summed E-state index contributed by atoms with van der Waals surface area (Å²) in [6.07, 6.45) is 0. The maximum Gasteiger partial charge on any atom is -0.0568 e. The fourth-order valence-electron chi connectivity index (χ4n) is 0.667. The van der Waals surface area contributed by atoms with Crippen molar-refractivity contribution in [3.8, 4) is 0 Å². The number of rotatable bonds is 2. The van der Waals surface area contributed by atoms with Gasteiger partial charge in [-0.25, -0.2) is 0 Å². The lowest BCUT2D eigenvalue weighted by Crippen LogP contribution is -2.50. The normalized spacial score (nSPS) is 12.0. The van der Waals surface area contributed by atoms with Gasteiger partial charge in [-0.15, -0.1) is 5.60 Å². The summed E-state index contributed by atoms with van der Waals surface area (Å²) in [5, 5.41) is 11.5. The van der Waals surface area contributed by atoms with E-state index in [9.17, 15) is 5.11 Å². The van der Waals surface area contributed by atoms with Crippen molar-refractivity contribution >= 4 is 0 Å². The van der Waals surface area contributed by atoms with Crippen LogP contribution in [0.1, 0.15) is 34.6 Å². The van der Waals surface area contributed by atoms with Crippen molar-refractivity contribution in [2.45, 2.75) is 40.2 Å². The lowest BCUT2D eigenvalue weighted by molar-refractivity contribution is -0.496. The predicted octanol–water partition coefficient (Wildman–Crippen LogP) is 1.79. The fraction of sp³-hybridized carbons (Fsp3) is 1.00. The van der Waals surface area contributed by atoms with Crippen LogP contribution < -0.4 is 11.3 Å². The standard InChI is InChI=1S/C8H17O.H3N/c1-6(2)8(5,9)7(3)4;/h6-7H,1-5H3;1H3/q-1;/p+1. The molecule has 0 atom stereocenters. The van der Waals surface area contributed by atoms with E-state index >= 15 is 0 Å². The molecule has 0 radical (unpaired) electrons. The minimum absolute atomic E-state index is 0. The van der Waals surface area contributed by atoms with Gasteiger partial charge in [0, 0.05) is 0 Å². The summed E-state index contributed by atoms with van der Waals surface area (Å²) in [4.78, 5) is 0. The Morgan fingerprint density at radius 2 is 1.20 bits per heavy atom. The van der Waals surface area contributed by atoms with Crippen molar-refractivity contribution in [2.24, 2.45) is 11.8 Å². The minimum atomic E-state index is -0.750. The van der Waals surface area contributed by atoms with E-state index in [0.29, 0.717) is 0 Å². The van der Waals surface area contributed by atoms with Gasteiger partial charge in [-0.05, 0) is 0 Å². The van der Waals surface area contributed by atoms with Gasteiger partial charge in [0.1, 0.15) is 0 Å². The van der Waals surface area contributed by atoms with Gasteiger partial charge in [-0.1, -0.05) is 46.5 Å². The van der Waals surface area contributed by atoms with E-state index in [4.69, 9.17) is 0 Å². The topological polar surface area (TPSA) is 59.6 Å². The second-order valence-electron chi connectivity index (χ2n) is 3.49. The maximum absolute atomic E-state index is 11.5. The number of hydrogen-bond donors (Lipinski definition) is 1. The molecule has 0 unspecified atom stereocenters. The van der Waals surface area contributed by atoms with Crippen LogP contribution in [-0.2, 0) is 0 Å². The third kappa shape index (κ3) is 2.67. The van der Waals surface area contributed by atoms with Gasteiger partial charge in [0.05, 0.1) is 0 Å². The highest BCUT2D eigenvalue weighted by Gasteiger charge is 2.17. The first-order valence-corrected chi connectivity index (χ1v) is 3.59. The Morgan fingerprint density at radius 1 is 1.00 bits per heavy atom. The van der Waals surface area contributed by atoms with E-state index in [2.05, 4.69) is 0 Å². The average molecular weight is 147 g/mol. The van der Waals surface area contributed by atoms with Gasteiger partial charge in [0.15, 0.2) is 0 Å². The quantitative estimate of drug-likeness (QED) is 0.636. The lowest BCUT2D eigenvalue weighted by Gasteiger charge is -2.45. The smallest absolute Gasteiger partial charge is 0.0568 e. The van der Waals surface area contributed by atoms with Crippen LogP contribution in [0.5, 0.6) is 0 Å². The first-order valence-electron chi connectivity index (χ1n) is 3.59. The Balaban J connectivity index is 0.